The molecule has 0 saturated heterocycles. The number of esters is 1. The molecule has 3 atom stereocenters. The number of carbonyl (C=O) groups is 3. The molecule has 1 saturated carbocycles. The van der Waals surface area contributed by atoms with Gasteiger partial charge in [-0.25, -0.2) is 0 Å². The Balaban J connectivity index is 1.87. The SMILES string of the molecule is C=CCCC[C@H](Cc1ccccc1)C(=O)OC[C@H](C)NC(=O)[C@@H](CC=C)CC(=O)NC1(CO)CCCC1. The van der Waals surface area contributed by atoms with E-state index in [1.807, 2.05) is 36.4 Å². The van der Waals surface area contributed by atoms with Crippen molar-refractivity contribution in [3.63, 3.8) is 0 Å². The van der Waals surface area contributed by atoms with E-state index in [4.69, 9.17) is 4.74 Å². The van der Waals surface area contributed by atoms with E-state index in [9.17, 15) is 19.5 Å². The van der Waals surface area contributed by atoms with Gasteiger partial charge in [0, 0.05) is 6.42 Å². The largest absolute Gasteiger partial charge is 0.463 e. The minimum Gasteiger partial charge on any atom is -0.463 e. The van der Waals surface area contributed by atoms with Crippen LogP contribution in [0.4, 0.5) is 0 Å². The number of benzene rings is 1. The molecule has 7 heteroatoms. The molecule has 0 aromatic heterocycles. The molecule has 204 valence electrons. The molecule has 0 heterocycles. The Bertz CT molecular complexity index is 879. The normalized spacial score (nSPS) is 16.7. The summed E-state index contributed by atoms with van der Waals surface area (Å²) < 4.78 is 5.60. The Kier molecular flexibility index (Phi) is 13.1. The minimum absolute atomic E-state index is 0.00850. The zero-order valence-corrected chi connectivity index (χ0v) is 22.3. The summed E-state index contributed by atoms with van der Waals surface area (Å²) in [7, 11) is 0. The minimum atomic E-state index is -0.586. The standard InChI is InChI=1S/C30H44N2O5/c1-4-6-8-16-26(19-24-14-9-7-10-15-24)29(36)37-21-23(3)31-28(35)25(13-5-2)20-27(34)32-30(22-33)17-11-12-18-30/h4-5,7,9-10,14-15,23,25-26,33H,1-2,6,8,11-13,16-22H2,3H3,(H,31,35)(H,32,34)/t23-,25-,26+/m0/s1. The second-order valence-corrected chi connectivity index (χ2v) is 10.3. The summed E-state index contributed by atoms with van der Waals surface area (Å²) in [6.07, 6.45) is 10.2. The van der Waals surface area contributed by atoms with Crippen molar-refractivity contribution in [2.45, 2.75) is 82.7 Å². The second-order valence-electron chi connectivity index (χ2n) is 10.3. The van der Waals surface area contributed by atoms with Gasteiger partial charge in [0.1, 0.15) is 6.61 Å². The predicted molar refractivity (Wildman–Crippen MR) is 146 cm³/mol. The fourth-order valence-corrected chi connectivity index (χ4v) is 4.87. The van der Waals surface area contributed by atoms with E-state index >= 15 is 0 Å². The maximum atomic E-state index is 12.9. The van der Waals surface area contributed by atoms with Gasteiger partial charge in [-0.2, -0.15) is 0 Å². The van der Waals surface area contributed by atoms with Gasteiger partial charge in [-0.3, -0.25) is 14.4 Å². The van der Waals surface area contributed by atoms with Crippen molar-refractivity contribution in [3.05, 3.63) is 61.2 Å². The maximum Gasteiger partial charge on any atom is 0.309 e. The summed E-state index contributed by atoms with van der Waals surface area (Å²) in [6.45, 7) is 9.20. The van der Waals surface area contributed by atoms with Gasteiger partial charge < -0.3 is 20.5 Å². The number of amides is 2. The molecule has 1 aromatic carbocycles. The molecule has 0 unspecified atom stereocenters. The average Bonchev–Trinajstić information content (AvgIpc) is 3.35. The average molecular weight is 513 g/mol. The molecule has 1 aromatic rings. The highest BCUT2D eigenvalue weighted by molar-refractivity contribution is 5.86. The van der Waals surface area contributed by atoms with Crippen LogP contribution in [0.15, 0.2) is 55.6 Å². The number of ether oxygens (including phenoxy) is 1. The number of aliphatic hydroxyl groups excluding tert-OH is 1. The Morgan fingerprint density at radius 1 is 1.11 bits per heavy atom. The number of unbranched alkanes of at least 4 members (excludes halogenated alkanes) is 1. The molecular formula is C30H44N2O5. The highest BCUT2D eigenvalue weighted by Crippen LogP contribution is 2.29. The lowest BCUT2D eigenvalue weighted by Crippen LogP contribution is -2.50. The van der Waals surface area contributed by atoms with E-state index in [0.29, 0.717) is 19.3 Å². The van der Waals surface area contributed by atoms with Gasteiger partial charge in [0.2, 0.25) is 11.8 Å². The van der Waals surface area contributed by atoms with Crippen molar-refractivity contribution in [1.29, 1.82) is 0 Å². The van der Waals surface area contributed by atoms with Crippen LogP contribution in [-0.2, 0) is 25.5 Å². The molecule has 2 rings (SSSR count). The molecule has 1 aliphatic rings. The van der Waals surface area contributed by atoms with Crippen LogP contribution in [0.2, 0.25) is 0 Å². The second kappa shape index (κ2) is 16.0. The summed E-state index contributed by atoms with van der Waals surface area (Å²) >= 11 is 0. The summed E-state index contributed by atoms with van der Waals surface area (Å²) in [5.74, 6) is -1.66. The van der Waals surface area contributed by atoms with E-state index < -0.39 is 17.5 Å². The highest BCUT2D eigenvalue weighted by Gasteiger charge is 2.35. The van der Waals surface area contributed by atoms with Crippen LogP contribution >= 0.6 is 0 Å². The van der Waals surface area contributed by atoms with Crippen LogP contribution in [0, 0.1) is 11.8 Å². The Morgan fingerprint density at radius 2 is 1.81 bits per heavy atom. The van der Waals surface area contributed by atoms with Crippen LogP contribution in [-0.4, -0.2) is 47.7 Å². The van der Waals surface area contributed by atoms with E-state index in [-0.39, 0.29) is 43.3 Å². The number of hydrogen-bond acceptors (Lipinski definition) is 5. The molecule has 37 heavy (non-hydrogen) atoms. The van der Waals surface area contributed by atoms with Crippen molar-refractivity contribution in [2.24, 2.45) is 11.8 Å². The first kappa shape index (κ1) is 30.3. The molecule has 1 fully saturated rings. The zero-order chi connectivity index (χ0) is 27.1. The fourth-order valence-electron chi connectivity index (χ4n) is 4.87. The van der Waals surface area contributed by atoms with Gasteiger partial charge in [0.05, 0.1) is 30.0 Å². The molecule has 1 aliphatic carbocycles. The molecule has 2 amide bonds. The van der Waals surface area contributed by atoms with Crippen LogP contribution in [0.3, 0.4) is 0 Å². The van der Waals surface area contributed by atoms with Crippen LogP contribution < -0.4 is 10.6 Å². The quantitative estimate of drug-likeness (QED) is 0.164. The first-order chi connectivity index (χ1) is 17.8. The summed E-state index contributed by atoms with van der Waals surface area (Å²) in [6, 6.07) is 9.45. The maximum absolute atomic E-state index is 12.9. The molecule has 7 nitrogen and oxygen atoms in total. The first-order valence-electron chi connectivity index (χ1n) is 13.5. The van der Waals surface area contributed by atoms with Crippen molar-refractivity contribution in [2.75, 3.05) is 13.2 Å². The van der Waals surface area contributed by atoms with Crippen molar-refractivity contribution >= 4 is 17.8 Å². The van der Waals surface area contributed by atoms with Gasteiger partial charge in [0.15, 0.2) is 0 Å². The number of aliphatic hydroxyl groups is 1. The fraction of sp³-hybridized carbons (Fsp3) is 0.567. The number of rotatable bonds is 17. The third-order valence-electron chi connectivity index (χ3n) is 7.01. The lowest BCUT2D eigenvalue weighted by Gasteiger charge is -2.29. The Morgan fingerprint density at radius 3 is 2.43 bits per heavy atom. The number of nitrogens with one attached hydrogen (secondary N) is 2. The molecule has 0 aliphatic heterocycles. The molecule has 0 radical (unpaired) electrons. The summed E-state index contributed by atoms with van der Waals surface area (Å²) in [5, 5.41) is 15.6. The number of allylic oxidation sites excluding steroid dienone is 2. The zero-order valence-electron chi connectivity index (χ0n) is 22.3. The monoisotopic (exact) mass is 512 g/mol. The highest BCUT2D eigenvalue weighted by atomic mass is 16.5. The number of carbonyl (C=O) groups excluding carboxylic acids is 3. The van der Waals surface area contributed by atoms with Gasteiger partial charge in [0.25, 0.3) is 0 Å². The lowest BCUT2D eigenvalue weighted by atomic mass is 9.94. The van der Waals surface area contributed by atoms with E-state index in [0.717, 1.165) is 44.1 Å². The van der Waals surface area contributed by atoms with Crippen LogP contribution in [0.25, 0.3) is 0 Å². The summed E-state index contributed by atoms with van der Waals surface area (Å²) in [4.78, 5) is 38.5. The van der Waals surface area contributed by atoms with E-state index in [1.54, 1.807) is 13.0 Å². The Hall–Kier alpha value is -2.93. The number of hydrogen-bond donors (Lipinski definition) is 3. The first-order valence-corrected chi connectivity index (χ1v) is 13.5. The third kappa shape index (κ3) is 10.5. The molecular weight excluding hydrogens is 468 g/mol. The van der Waals surface area contributed by atoms with Crippen LogP contribution in [0.1, 0.15) is 70.3 Å². The smallest absolute Gasteiger partial charge is 0.309 e. The van der Waals surface area contributed by atoms with Crippen molar-refractivity contribution in [1.82, 2.24) is 10.6 Å². The summed E-state index contributed by atoms with van der Waals surface area (Å²) in [5.41, 5.74) is 0.506. The molecule has 3 N–H and O–H groups in total. The Labute approximate surface area is 221 Å². The van der Waals surface area contributed by atoms with Crippen molar-refractivity contribution in [3.8, 4) is 0 Å². The molecule has 0 spiro atoms. The van der Waals surface area contributed by atoms with Crippen molar-refractivity contribution < 1.29 is 24.2 Å². The van der Waals surface area contributed by atoms with Gasteiger partial charge in [-0.15, -0.1) is 13.2 Å². The third-order valence-corrected chi connectivity index (χ3v) is 7.01. The predicted octanol–water partition coefficient (Wildman–Crippen LogP) is 4.25. The molecule has 0 bridgehead atoms. The topological polar surface area (TPSA) is 105 Å². The van der Waals surface area contributed by atoms with Gasteiger partial charge >= 0.3 is 5.97 Å². The van der Waals surface area contributed by atoms with Gasteiger partial charge in [-0.1, -0.05) is 55.3 Å². The lowest BCUT2D eigenvalue weighted by molar-refractivity contribution is -0.150. The van der Waals surface area contributed by atoms with Gasteiger partial charge in [-0.05, 0) is 57.4 Å². The van der Waals surface area contributed by atoms with E-state index in [1.165, 1.54) is 0 Å². The van der Waals surface area contributed by atoms with Crippen LogP contribution in [0.5, 0.6) is 0 Å². The van der Waals surface area contributed by atoms with E-state index in [2.05, 4.69) is 23.8 Å².